The third-order valence-corrected chi connectivity index (χ3v) is 2.80. The number of nitrogens with one attached hydrogen (secondary N) is 1. The predicted molar refractivity (Wildman–Crippen MR) is 68.0 cm³/mol. The van der Waals surface area contributed by atoms with Gasteiger partial charge in [-0.15, -0.1) is 0 Å². The molecule has 2 nitrogen and oxygen atoms in total. The van der Waals surface area contributed by atoms with Crippen molar-refractivity contribution in [3.63, 3.8) is 0 Å². The molecule has 0 spiro atoms. The van der Waals surface area contributed by atoms with E-state index in [9.17, 15) is 22.0 Å². The second-order valence-electron chi connectivity index (χ2n) is 4.29. The number of anilines is 1. The van der Waals surface area contributed by atoms with Crippen LogP contribution in [0.15, 0.2) is 42.6 Å². The number of hydrogen-bond donors (Lipinski definition) is 1. The molecular formula is C14H11F5N2. The highest BCUT2D eigenvalue weighted by molar-refractivity contribution is 5.46. The lowest BCUT2D eigenvalue weighted by Gasteiger charge is -2.13. The van der Waals surface area contributed by atoms with Crippen LogP contribution in [0.1, 0.15) is 23.1 Å². The molecule has 0 aliphatic rings. The molecule has 0 unspecified atom stereocenters. The first kappa shape index (κ1) is 15.2. The van der Waals surface area contributed by atoms with Crippen molar-refractivity contribution in [1.29, 1.82) is 0 Å². The molecular weight excluding hydrogens is 291 g/mol. The zero-order valence-corrected chi connectivity index (χ0v) is 10.7. The van der Waals surface area contributed by atoms with Crippen molar-refractivity contribution in [2.75, 3.05) is 5.32 Å². The Labute approximate surface area is 117 Å². The van der Waals surface area contributed by atoms with Crippen LogP contribution < -0.4 is 5.32 Å². The molecule has 0 atom stereocenters. The minimum atomic E-state index is -4.50. The smallest absolute Gasteiger partial charge is 0.365 e. The maximum absolute atomic E-state index is 12.8. The van der Waals surface area contributed by atoms with E-state index in [-0.39, 0.29) is 17.9 Å². The fraction of sp³-hybridized carbons (Fsp3) is 0.214. The van der Waals surface area contributed by atoms with E-state index in [0.717, 1.165) is 6.07 Å². The van der Waals surface area contributed by atoms with Crippen LogP contribution in [0.25, 0.3) is 0 Å². The van der Waals surface area contributed by atoms with Crippen molar-refractivity contribution in [1.82, 2.24) is 4.98 Å². The molecule has 1 aromatic heterocycles. The van der Waals surface area contributed by atoms with Gasteiger partial charge >= 0.3 is 6.18 Å². The molecule has 2 aromatic rings. The molecule has 2 rings (SSSR count). The van der Waals surface area contributed by atoms with Gasteiger partial charge in [-0.2, -0.15) is 13.2 Å². The molecule has 0 aliphatic heterocycles. The Morgan fingerprint density at radius 3 is 2.29 bits per heavy atom. The molecule has 1 N–H and O–H groups in total. The standard InChI is InChI=1S/C14H11F5N2/c15-12(16)10-5-3-9(4-6-10)8-21-13-11(14(17,18)19)2-1-7-20-13/h1-7,12H,8H2,(H,20,21). The number of hydrogen-bond acceptors (Lipinski definition) is 2. The van der Waals surface area contributed by atoms with Crippen molar-refractivity contribution in [3.8, 4) is 0 Å². The van der Waals surface area contributed by atoms with Gasteiger partial charge in [-0.1, -0.05) is 24.3 Å². The summed E-state index contributed by atoms with van der Waals surface area (Å²) in [5.74, 6) is -0.289. The minimum Gasteiger partial charge on any atom is -0.365 e. The number of pyridine rings is 1. The fourth-order valence-electron chi connectivity index (χ4n) is 1.74. The quantitative estimate of drug-likeness (QED) is 0.832. The van der Waals surface area contributed by atoms with Crippen molar-refractivity contribution in [3.05, 3.63) is 59.3 Å². The van der Waals surface area contributed by atoms with Crippen LogP contribution >= 0.6 is 0 Å². The molecule has 0 fully saturated rings. The van der Waals surface area contributed by atoms with Crippen LogP contribution in [0.3, 0.4) is 0 Å². The van der Waals surface area contributed by atoms with Crippen LogP contribution in [-0.4, -0.2) is 4.98 Å². The molecule has 1 heterocycles. The Balaban J connectivity index is 2.10. The molecule has 0 amide bonds. The lowest BCUT2D eigenvalue weighted by molar-refractivity contribution is -0.137. The van der Waals surface area contributed by atoms with Gasteiger partial charge in [-0.3, -0.25) is 0 Å². The summed E-state index contributed by atoms with van der Waals surface area (Å²) < 4.78 is 63.0. The average molecular weight is 302 g/mol. The number of rotatable bonds is 4. The van der Waals surface area contributed by atoms with E-state index in [2.05, 4.69) is 10.3 Å². The lowest BCUT2D eigenvalue weighted by atomic mass is 10.1. The number of benzene rings is 1. The lowest BCUT2D eigenvalue weighted by Crippen LogP contribution is -2.12. The molecule has 0 saturated carbocycles. The third-order valence-electron chi connectivity index (χ3n) is 2.80. The van der Waals surface area contributed by atoms with Gasteiger partial charge in [-0.25, -0.2) is 13.8 Å². The van der Waals surface area contributed by atoms with Crippen LogP contribution in [0.4, 0.5) is 27.8 Å². The molecule has 0 aliphatic carbocycles. The third kappa shape index (κ3) is 3.90. The molecule has 7 heteroatoms. The first-order chi connectivity index (χ1) is 9.88. The van der Waals surface area contributed by atoms with Gasteiger partial charge in [0.1, 0.15) is 5.82 Å². The van der Waals surface area contributed by atoms with Crippen molar-refractivity contribution in [2.45, 2.75) is 19.1 Å². The van der Waals surface area contributed by atoms with Gasteiger partial charge < -0.3 is 5.32 Å². The Bertz CT molecular complexity index is 593. The molecule has 0 bridgehead atoms. The summed E-state index contributed by atoms with van der Waals surface area (Å²) in [7, 11) is 0. The SMILES string of the molecule is FC(F)c1ccc(CNc2ncccc2C(F)(F)F)cc1. The van der Waals surface area contributed by atoms with E-state index in [4.69, 9.17) is 0 Å². The van der Waals surface area contributed by atoms with Crippen molar-refractivity contribution in [2.24, 2.45) is 0 Å². The number of alkyl halides is 5. The van der Waals surface area contributed by atoms with Gasteiger partial charge in [-0.05, 0) is 17.7 Å². The molecule has 1 aromatic carbocycles. The number of aromatic nitrogens is 1. The highest BCUT2D eigenvalue weighted by Crippen LogP contribution is 2.33. The van der Waals surface area contributed by atoms with Gasteiger partial charge in [0.2, 0.25) is 0 Å². The van der Waals surface area contributed by atoms with Crippen molar-refractivity contribution >= 4 is 5.82 Å². The molecule has 21 heavy (non-hydrogen) atoms. The zero-order valence-electron chi connectivity index (χ0n) is 10.7. The summed E-state index contributed by atoms with van der Waals surface area (Å²) in [6.45, 7) is 0.0591. The fourth-order valence-corrected chi connectivity index (χ4v) is 1.74. The largest absolute Gasteiger partial charge is 0.419 e. The van der Waals surface area contributed by atoms with Gasteiger partial charge in [0.15, 0.2) is 0 Å². The normalized spacial score (nSPS) is 11.7. The van der Waals surface area contributed by atoms with Crippen LogP contribution in [0.2, 0.25) is 0 Å². The molecule has 112 valence electrons. The summed E-state index contributed by atoms with van der Waals surface area (Å²) in [6.07, 6.45) is -5.83. The summed E-state index contributed by atoms with van der Waals surface area (Å²) in [6, 6.07) is 7.48. The van der Waals surface area contributed by atoms with E-state index >= 15 is 0 Å². The second-order valence-corrected chi connectivity index (χ2v) is 4.29. The first-order valence-corrected chi connectivity index (χ1v) is 6.01. The zero-order chi connectivity index (χ0) is 15.5. The van der Waals surface area contributed by atoms with Gasteiger partial charge in [0.05, 0.1) is 5.56 Å². The molecule has 0 radical (unpaired) electrons. The van der Waals surface area contributed by atoms with Gasteiger partial charge in [0, 0.05) is 18.3 Å². The van der Waals surface area contributed by atoms with Crippen LogP contribution in [0, 0.1) is 0 Å². The van der Waals surface area contributed by atoms with E-state index in [1.54, 1.807) is 0 Å². The van der Waals surface area contributed by atoms with Crippen LogP contribution in [-0.2, 0) is 12.7 Å². The summed E-state index contributed by atoms with van der Waals surface area (Å²) in [4.78, 5) is 3.65. The van der Waals surface area contributed by atoms with Gasteiger partial charge in [0.25, 0.3) is 6.43 Å². The van der Waals surface area contributed by atoms with E-state index in [0.29, 0.717) is 5.56 Å². The molecule has 0 saturated heterocycles. The second kappa shape index (κ2) is 6.07. The van der Waals surface area contributed by atoms with E-state index in [1.165, 1.54) is 36.5 Å². The first-order valence-electron chi connectivity index (χ1n) is 6.01. The van der Waals surface area contributed by atoms with E-state index < -0.39 is 18.2 Å². The Kier molecular flexibility index (Phi) is 4.40. The Morgan fingerprint density at radius 1 is 1.05 bits per heavy atom. The number of halogens is 5. The summed E-state index contributed by atoms with van der Waals surface area (Å²) >= 11 is 0. The Hall–Kier alpha value is -2.18. The monoisotopic (exact) mass is 302 g/mol. The highest BCUT2D eigenvalue weighted by atomic mass is 19.4. The highest BCUT2D eigenvalue weighted by Gasteiger charge is 2.33. The maximum Gasteiger partial charge on any atom is 0.419 e. The maximum atomic E-state index is 12.8. The summed E-state index contributed by atoms with van der Waals surface area (Å²) in [5.41, 5.74) is -0.417. The van der Waals surface area contributed by atoms with Crippen molar-refractivity contribution < 1.29 is 22.0 Å². The Morgan fingerprint density at radius 2 is 1.71 bits per heavy atom. The van der Waals surface area contributed by atoms with E-state index in [1.807, 2.05) is 0 Å². The average Bonchev–Trinajstić information content (AvgIpc) is 2.45. The number of nitrogens with zero attached hydrogens (tertiary/aromatic N) is 1. The summed E-state index contributed by atoms with van der Waals surface area (Å²) in [5, 5.41) is 2.57. The topological polar surface area (TPSA) is 24.9 Å². The predicted octanol–water partition coefficient (Wildman–Crippen LogP) is 4.65. The minimum absolute atomic E-state index is 0.0591. The van der Waals surface area contributed by atoms with Crippen LogP contribution in [0.5, 0.6) is 0 Å².